The van der Waals surface area contributed by atoms with Crippen molar-refractivity contribution in [1.82, 2.24) is 20.3 Å². The summed E-state index contributed by atoms with van der Waals surface area (Å²) in [7, 11) is 0. The van der Waals surface area contributed by atoms with Crippen LogP contribution >= 0.6 is 11.3 Å². The van der Waals surface area contributed by atoms with Crippen molar-refractivity contribution in [3.05, 3.63) is 59.4 Å². The number of carbonyl (C=O) groups excluding carboxylic acids is 1. The van der Waals surface area contributed by atoms with Crippen LogP contribution in [-0.2, 0) is 11.2 Å². The quantitative estimate of drug-likeness (QED) is 0.514. The number of hydrogen-bond donors (Lipinski definition) is 2. The number of benzene rings is 2. The summed E-state index contributed by atoms with van der Waals surface area (Å²) < 4.78 is 1.16. The van der Waals surface area contributed by atoms with Crippen molar-refractivity contribution in [1.29, 1.82) is 0 Å². The van der Waals surface area contributed by atoms with Crippen LogP contribution in [-0.4, -0.2) is 20.9 Å². The maximum atomic E-state index is 12.6. The van der Waals surface area contributed by atoms with E-state index in [2.05, 4.69) is 40.2 Å². The molecule has 0 aliphatic heterocycles. The van der Waals surface area contributed by atoms with E-state index in [4.69, 9.17) is 0 Å². The summed E-state index contributed by atoms with van der Waals surface area (Å²) in [6.45, 7) is 4.18. The van der Waals surface area contributed by atoms with E-state index in [1.54, 1.807) is 11.3 Å². The molecule has 4 aromatic rings. The van der Waals surface area contributed by atoms with Gasteiger partial charge in [-0.3, -0.25) is 4.79 Å². The van der Waals surface area contributed by atoms with Gasteiger partial charge in [-0.05, 0) is 30.2 Å². The second-order valence-electron chi connectivity index (χ2n) is 7.00. The molecule has 2 N–H and O–H groups in total. The highest BCUT2D eigenvalue weighted by Gasteiger charge is 2.21. The number of aromatic amines is 1. The normalized spacial score (nSPS) is 12.7. The summed E-state index contributed by atoms with van der Waals surface area (Å²) in [5, 5.41) is 4.14. The molecule has 1 unspecified atom stereocenters. The van der Waals surface area contributed by atoms with Gasteiger partial charge in [0.25, 0.3) is 0 Å². The highest BCUT2D eigenvalue weighted by molar-refractivity contribution is 7.18. The second kappa shape index (κ2) is 7.48. The van der Waals surface area contributed by atoms with Gasteiger partial charge in [-0.15, -0.1) is 11.3 Å². The zero-order valence-electron chi connectivity index (χ0n) is 15.4. The van der Waals surface area contributed by atoms with Gasteiger partial charge in [-0.1, -0.05) is 38.1 Å². The van der Waals surface area contributed by atoms with E-state index in [9.17, 15) is 4.79 Å². The van der Waals surface area contributed by atoms with Crippen molar-refractivity contribution in [2.45, 2.75) is 32.7 Å². The Kier molecular flexibility index (Phi) is 4.90. The molecule has 138 valence electrons. The number of hydrogen-bond acceptors (Lipinski definition) is 4. The van der Waals surface area contributed by atoms with Crippen LogP contribution in [0.3, 0.4) is 0 Å². The molecule has 0 bridgehead atoms. The zero-order chi connectivity index (χ0) is 18.8. The number of nitrogens with zero attached hydrogens (tertiary/aromatic N) is 2. The molecule has 2 heterocycles. The lowest BCUT2D eigenvalue weighted by Crippen LogP contribution is -2.32. The summed E-state index contributed by atoms with van der Waals surface area (Å²) in [6, 6.07) is 15.8. The number of amides is 1. The fraction of sp³-hybridized carbons (Fsp3) is 0.286. The molecule has 5 nitrogen and oxygen atoms in total. The Morgan fingerprint density at radius 3 is 2.56 bits per heavy atom. The van der Waals surface area contributed by atoms with Crippen molar-refractivity contribution < 1.29 is 4.79 Å². The van der Waals surface area contributed by atoms with Crippen LogP contribution in [0.2, 0.25) is 0 Å². The third kappa shape index (κ3) is 3.85. The number of para-hydroxylation sites is 3. The van der Waals surface area contributed by atoms with Gasteiger partial charge in [0.2, 0.25) is 5.91 Å². The largest absolute Gasteiger partial charge is 0.346 e. The average Bonchev–Trinajstić information content (AvgIpc) is 3.27. The number of aryl methyl sites for hydroxylation is 1. The lowest BCUT2D eigenvalue weighted by Gasteiger charge is -2.20. The number of thiazole rings is 1. The first-order valence-electron chi connectivity index (χ1n) is 9.18. The summed E-state index contributed by atoms with van der Waals surface area (Å²) >= 11 is 1.65. The molecule has 0 aliphatic rings. The number of fused-ring (bicyclic) bond motifs is 2. The molecule has 0 saturated carbocycles. The van der Waals surface area contributed by atoms with Crippen LogP contribution in [0, 0.1) is 5.92 Å². The molecule has 4 rings (SSSR count). The summed E-state index contributed by atoms with van der Waals surface area (Å²) in [5.41, 5.74) is 2.91. The first-order chi connectivity index (χ1) is 13.1. The van der Waals surface area contributed by atoms with Crippen molar-refractivity contribution >= 4 is 38.5 Å². The van der Waals surface area contributed by atoms with Crippen LogP contribution in [0.25, 0.3) is 21.3 Å². The van der Waals surface area contributed by atoms with Gasteiger partial charge in [0.15, 0.2) is 0 Å². The minimum absolute atomic E-state index is 0.0217. The number of rotatable bonds is 6. The highest BCUT2D eigenvalue weighted by Crippen LogP contribution is 2.24. The molecule has 0 aliphatic carbocycles. The first-order valence-corrected chi connectivity index (χ1v) is 10.0. The molecule has 0 saturated heterocycles. The topological polar surface area (TPSA) is 70.7 Å². The SMILES string of the molecule is CC(C)C(NC(=O)CCc1nc2ccccc2s1)c1nc2ccccc2[nH]1. The molecule has 0 radical (unpaired) electrons. The summed E-state index contributed by atoms with van der Waals surface area (Å²) in [4.78, 5) is 25.2. The number of H-pyrrole nitrogens is 1. The molecule has 1 atom stereocenters. The Morgan fingerprint density at radius 2 is 1.81 bits per heavy atom. The summed E-state index contributed by atoms with van der Waals surface area (Å²) in [5.74, 6) is 1.06. The maximum Gasteiger partial charge on any atom is 0.221 e. The number of carbonyl (C=O) groups is 1. The molecular formula is C21H22N4OS. The van der Waals surface area contributed by atoms with Gasteiger partial charge in [0.05, 0.1) is 32.3 Å². The summed E-state index contributed by atoms with van der Waals surface area (Å²) in [6.07, 6.45) is 1.07. The molecule has 0 fully saturated rings. The van der Waals surface area contributed by atoms with Crippen LogP contribution in [0.1, 0.15) is 37.1 Å². The molecular weight excluding hydrogens is 356 g/mol. The van der Waals surface area contributed by atoms with E-state index in [0.29, 0.717) is 12.8 Å². The second-order valence-corrected chi connectivity index (χ2v) is 8.12. The monoisotopic (exact) mass is 378 g/mol. The minimum Gasteiger partial charge on any atom is -0.346 e. The number of nitrogens with one attached hydrogen (secondary N) is 2. The lowest BCUT2D eigenvalue weighted by molar-refractivity contribution is -0.122. The molecule has 2 aromatic carbocycles. The van der Waals surface area contributed by atoms with Gasteiger partial charge < -0.3 is 10.3 Å². The third-order valence-corrected chi connectivity index (χ3v) is 5.69. The fourth-order valence-electron chi connectivity index (χ4n) is 3.16. The van der Waals surface area contributed by atoms with E-state index in [1.807, 2.05) is 42.5 Å². The van der Waals surface area contributed by atoms with E-state index in [1.165, 1.54) is 0 Å². The van der Waals surface area contributed by atoms with E-state index >= 15 is 0 Å². The highest BCUT2D eigenvalue weighted by atomic mass is 32.1. The van der Waals surface area contributed by atoms with Gasteiger partial charge in [-0.2, -0.15) is 0 Å². The van der Waals surface area contributed by atoms with Gasteiger partial charge >= 0.3 is 0 Å². The smallest absolute Gasteiger partial charge is 0.221 e. The predicted octanol–water partition coefficient (Wildman–Crippen LogP) is 4.62. The predicted molar refractivity (Wildman–Crippen MR) is 110 cm³/mol. The molecule has 0 spiro atoms. The van der Waals surface area contributed by atoms with Crippen LogP contribution in [0.4, 0.5) is 0 Å². The van der Waals surface area contributed by atoms with Gasteiger partial charge in [0, 0.05) is 12.8 Å². The Bertz CT molecular complexity index is 1020. The van der Waals surface area contributed by atoms with Crippen LogP contribution < -0.4 is 5.32 Å². The van der Waals surface area contributed by atoms with Crippen molar-refractivity contribution in [3.8, 4) is 0 Å². The van der Waals surface area contributed by atoms with Crippen molar-refractivity contribution in [2.75, 3.05) is 0 Å². The van der Waals surface area contributed by atoms with Crippen LogP contribution in [0.5, 0.6) is 0 Å². The maximum absolute atomic E-state index is 12.6. The van der Waals surface area contributed by atoms with Gasteiger partial charge in [-0.25, -0.2) is 9.97 Å². The Labute approximate surface area is 161 Å². The number of imidazole rings is 1. The van der Waals surface area contributed by atoms with Crippen molar-refractivity contribution in [3.63, 3.8) is 0 Å². The Balaban J connectivity index is 1.44. The number of aromatic nitrogens is 3. The molecule has 6 heteroatoms. The fourth-order valence-corrected chi connectivity index (χ4v) is 4.13. The van der Waals surface area contributed by atoms with E-state index < -0.39 is 0 Å². The van der Waals surface area contributed by atoms with Crippen molar-refractivity contribution in [2.24, 2.45) is 5.92 Å². The van der Waals surface area contributed by atoms with E-state index in [-0.39, 0.29) is 17.9 Å². The van der Waals surface area contributed by atoms with Gasteiger partial charge in [0.1, 0.15) is 5.82 Å². The Hall–Kier alpha value is -2.73. The first kappa shape index (κ1) is 17.7. The Morgan fingerprint density at radius 1 is 1.07 bits per heavy atom. The van der Waals surface area contributed by atoms with E-state index in [0.717, 1.165) is 32.1 Å². The third-order valence-electron chi connectivity index (χ3n) is 4.59. The molecule has 1 amide bonds. The molecule has 27 heavy (non-hydrogen) atoms. The minimum atomic E-state index is -0.139. The van der Waals surface area contributed by atoms with Crippen LogP contribution in [0.15, 0.2) is 48.5 Å². The zero-order valence-corrected chi connectivity index (χ0v) is 16.2. The average molecular weight is 379 g/mol. The lowest BCUT2D eigenvalue weighted by atomic mass is 10.0. The standard InChI is InChI=1S/C21H22N4OS/c1-13(2)20(21-23-14-7-3-4-8-15(14)24-21)25-18(26)11-12-19-22-16-9-5-6-10-17(16)27-19/h3-10,13,20H,11-12H2,1-2H3,(H,23,24)(H,25,26). The molecule has 2 aromatic heterocycles.